The third-order valence-corrected chi connectivity index (χ3v) is 5.69. The minimum Gasteiger partial charge on any atom is -0.352 e. The molecule has 4 atom stereocenters. The molecule has 0 spiro atoms. The maximum Gasteiger partial charge on any atom is 0.223 e. The SMILES string of the molecule is Cl.O=C(NCC1=CCNCC1)C1C2C3CCC(C3)C12. The van der Waals surface area contributed by atoms with Crippen molar-refractivity contribution in [1.29, 1.82) is 0 Å². The lowest BCUT2D eigenvalue weighted by Crippen LogP contribution is -2.31. The first kappa shape index (κ1) is 13.4. The van der Waals surface area contributed by atoms with Gasteiger partial charge in [0, 0.05) is 19.0 Å². The molecule has 1 amide bonds. The molecule has 106 valence electrons. The van der Waals surface area contributed by atoms with Crippen LogP contribution in [0, 0.1) is 29.6 Å². The van der Waals surface area contributed by atoms with Crippen LogP contribution >= 0.6 is 12.4 Å². The van der Waals surface area contributed by atoms with E-state index in [2.05, 4.69) is 16.7 Å². The Bertz CT molecular complexity index is 393. The number of amides is 1. The fraction of sp³-hybridized carbons (Fsp3) is 0.800. The van der Waals surface area contributed by atoms with Crippen LogP contribution in [0.2, 0.25) is 0 Å². The van der Waals surface area contributed by atoms with E-state index in [4.69, 9.17) is 0 Å². The Morgan fingerprint density at radius 1 is 1.32 bits per heavy atom. The van der Waals surface area contributed by atoms with E-state index in [0.29, 0.717) is 11.8 Å². The van der Waals surface area contributed by atoms with Crippen LogP contribution < -0.4 is 10.6 Å². The van der Waals surface area contributed by atoms with Gasteiger partial charge in [-0.05, 0) is 55.9 Å². The first-order valence-electron chi connectivity index (χ1n) is 7.51. The number of halogens is 1. The van der Waals surface area contributed by atoms with Gasteiger partial charge in [-0.1, -0.05) is 11.6 Å². The summed E-state index contributed by atoms with van der Waals surface area (Å²) in [5, 5.41) is 6.48. The zero-order valence-electron chi connectivity index (χ0n) is 11.2. The van der Waals surface area contributed by atoms with E-state index in [1.807, 2.05) is 0 Å². The van der Waals surface area contributed by atoms with Gasteiger partial charge in [0.1, 0.15) is 0 Å². The lowest BCUT2D eigenvalue weighted by atomic mass is 10.0. The fourth-order valence-corrected chi connectivity index (χ4v) is 4.82. The molecule has 4 unspecified atom stereocenters. The monoisotopic (exact) mass is 282 g/mol. The van der Waals surface area contributed by atoms with Crippen LogP contribution in [-0.4, -0.2) is 25.5 Å². The number of fused-ring (bicyclic) bond motifs is 5. The number of rotatable bonds is 3. The quantitative estimate of drug-likeness (QED) is 0.774. The van der Waals surface area contributed by atoms with Crippen molar-refractivity contribution in [1.82, 2.24) is 10.6 Å². The Kier molecular flexibility index (Phi) is 3.61. The highest BCUT2D eigenvalue weighted by molar-refractivity contribution is 5.85. The van der Waals surface area contributed by atoms with Gasteiger partial charge in [-0.15, -0.1) is 12.4 Å². The van der Waals surface area contributed by atoms with E-state index < -0.39 is 0 Å². The summed E-state index contributed by atoms with van der Waals surface area (Å²) < 4.78 is 0. The predicted octanol–water partition coefficient (Wildman–Crippen LogP) is 1.74. The number of hydrogen-bond acceptors (Lipinski definition) is 2. The van der Waals surface area contributed by atoms with Gasteiger partial charge in [0.25, 0.3) is 0 Å². The minimum atomic E-state index is 0. The van der Waals surface area contributed by atoms with E-state index in [0.717, 1.165) is 49.7 Å². The summed E-state index contributed by atoms with van der Waals surface area (Å²) in [6.07, 6.45) is 7.53. The fourth-order valence-electron chi connectivity index (χ4n) is 4.82. The van der Waals surface area contributed by atoms with Crippen molar-refractivity contribution in [3.63, 3.8) is 0 Å². The topological polar surface area (TPSA) is 41.1 Å². The molecule has 0 aromatic heterocycles. The van der Waals surface area contributed by atoms with Gasteiger partial charge < -0.3 is 10.6 Å². The first-order chi connectivity index (χ1) is 8.84. The summed E-state index contributed by atoms with van der Waals surface area (Å²) in [4.78, 5) is 12.2. The molecule has 3 nitrogen and oxygen atoms in total. The molecule has 3 fully saturated rings. The second-order valence-corrected chi connectivity index (χ2v) is 6.55. The molecule has 4 aliphatic rings. The molecule has 0 aromatic carbocycles. The molecule has 0 saturated heterocycles. The lowest BCUT2D eigenvalue weighted by molar-refractivity contribution is -0.123. The van der Waals surface area contributed by atoms with Crippen molar-refractivity contribution in [2.45, 2.75) is 25.7 Å². The van der Waals surface area contributed by atoms with Crippen LogP contribution in [0.15, 0.2) is 11.6 Å². The summed E-state index contributed by atoms with van der Waals surface area (Å²) in [6.45, 7) is 2.80. The molecule has 2 bridgehead atoms. The Labute approximate surface area is 121 Å². The van der Waals surface area contributed by atoms with Gasteiger partial charge in [0.15, 0.2) is 0 Å². The second-order valence-electron chi connectivity index (χ2n) is 6.55. The van der Waals surface area contributed by atoms with Crippen LogP contribution in [0.25, 0.3) is 0 Å². The third kappa shape index (κ3) is 2.21. The van der Waals surface area contributed by atoms with Crippen LogP contribution in [0.4, 0.5) is 0 Å². The van der Waals surface area contributed by atoms with Crippen LogP contribution in [0.5, 0.6) is 0 Å². The standard InChI is InChI=1S/C15H22N2O.ClH/c18-15(17-8-9-3-5-16-6-4-9)14-12-10-1-2-11(7-10)13(12)14;/h3,10-14,16H,1-2,4-8H2,(H,17,18);1H. The maximum atomic E-state index is 12.2. The van der Waals surface area contributed by atoms with E-state index >= 15 is 0 Å². The molecular formula is C15H23ClN2O. The summed E-state index contributed by atoms with van der Waals surface area (Å²) >= 11 is 0. The normalized spacial score (nSPS) is 42.1. The number of nitrogens with one attached hydrogen (secondary N) is 2. The van der Waals surface area contributed by atoms with Gasteiger partial charge in [-0.25, -0.2) is 0 Å². The van der Waals surface area contributed by atoms with Crippen LogP contribution in [0.1, 0.15) is 25.7 Å². The van der Waals surface area contributed by atoms with Gasteiger partial charge in [0.05, 0.1) is 0 Å². The molecule has 3 aliphatic carbocycles. The number of carbonyl (C=O) groups excluding carboxylic acids is 1. The Balaban J connectivity index is 0.00000110. The average molecular weight is 283 g/mol. The second kappa shape index (κ2) is 5.10. The van der Waals surface area contributed by atoms with Crippen molar-refractivity contribution in [3.8, 4) is 0 Å². The van der Waals surface area contributed by atoms with E-state index in [9.17, 15) is 4.79 Å². The summed E-state index contributed by atoms with van der Waals surface area (Å²) in [5.74, 6) is 4.07. The molecule has 4 heteroatoms. The molecule has 0 aromatic rings. The molecule has 2 N–H and O–H groups in total. The van der Waals surface area contributed by atoms with E-state index in [1.54, 1.807) is 0 Å². The van der Waals surface area contributed by atoms with Crippen LogP contribution in [-0.2, 0) is 4.79 Å². The molecule has 1 heterocycles. The summed E-state index contributed by atoms with van der Waals surface area (Å²) in [6, 6.07) is 0. The van der Waals surface area contributed by atoms with Crippen molar-refractivity contribution >= 4 is 18.3 Å². The Hall–Kier alpha value is -0.540. The highest BCUT2D eigenvalue weighted by Crippen LogP contribution is 2.69. The maximum absolute atomic E-state index is 12.2. The molecular weight excluding hydrogens is 260 g/mol. The van der Waals surface area contributed by atoms with Gasteiger partial charge in [0.2, 0.25) is 5.91 Å². The van der Waals surface area contributed by atoms with Gasteiger partial charge in [-0.2, -0.15) is 0 Å². The summed E-state index contributed by atoms with van der Waals surface area (Å²) in [7, 11) is 0. The highest BCUT2D eigenvalue weighted by Gasteiger charge is 2.67. The van der Waals surface area contributed by atoms with E-state index in [1.165, 1.54) is 24.8 Å². The predicted molar refractivity (Wildman–Crippen MR) is 77.1 cm³/mol. The van der Waals surface area contributed by atoms with Crippen molar-refractivity contribution < 1.29 is 4.79 Å². The van der Waals surface area contributed by atoms with Crippen molar-refractivity contribution in [2.24, 2.45) is 29.6 Å². The Morgan fingerprint density at radius 2 is 2.05 bits per heavy atom. The molecule has 3 saturated carbocycles. The number of hydrogen-bond donors (Lipinski definition) is 2. The molecule has 19 heavy (non-hydrogen) atoms. The first-order valence-corrected chi connectivity index (χ1v) is 7.51. The average Bonchev–Trinajstić information content (AvgIpc) is 2.86. The molecule has 1 aliphatic heterocycles. The largest absolute Gasteiger partial charge is 0.352 e. The molecule has 0 radical (unpaired) electrons. The van der Waals surface area contributed by atoms with Crippen molar-refractivity contribution in [2.75, 3.05) is 19.6 Å². The smallest absolute Gasteiger partial charge is 0.223 e. The van der Waals surface area contributed by atoms with E-state index in [-0.39, 0.29) is 12.4 Å². The van der Waals surface area contributed by atoms with Gasteiger partial charge >= 0.3 is 0 Å². The van der Waals surface area contributed by atoms with Crippen molar-refractivity contribution in [3.05, 3.63) is 11.6 Å². The molecule has 4 rings (SSSR count). The van der Waals surface area contributed by atoms with Crippen LogP contribution in [0.3, 0.4) is 0 Å². The van der Waals surface area contributed by atoms with Gasteiger partial charge in [-0.3, -0.25) is 4.79 Å². The minimum absolute atomic E-state index is 0. The number of carbonyl (C=O) groups is 1. The summed E-state index contributed by atoms with van der Waals surface area (Å²) in [5.41, 5.74) is 1.40. The highest BCUT2D eigenvalue weighted by atomic mass is 35.5. The Morgan fingerprint density at radius 3 is 2.68 bits per heavy atom. The zero-order chi connectivity index (χ0) is 12.1. The lowest BCUT2D eigenvalue weighted by Gasteiger charge is -2.15. The third-order valence-electron chi connectivity index (χ3n) is 5.69. The zero-order valence-corrected chi connectivity index (χ0v) is 12.0.